The Hall–Kier alpha value is -1.14. The minimum Gasteiger partial charge on any atom is -0.480 e. The number of carboxylic acids is 1. The third kappa shape index (κ3) is 4.70. The smallest absolute Gasteiger partial charge is 0.326 e. The fourth-order valence-corrected chi connectivity index (χ4v) is 1.20. The van der Waals surface area contributed by atoms with Crippen molar-refractivity contribution in [3.05, 3.63) is 0 Å². The zero-order valence-corrected chi connectivity index (χ0v) is 10.8. The van der Waals surface area contributed by atoms with Crippen molar-refractivity contribution in [2.45, 2.75) is 38.3 Å². The predicted octanol–water partition coefficient (Wildman–Crippen LogP) is 0.407. The Morgan fingerprint density at radius 2 is 2.00 bits per heavy atom. The second kappa shape index (κ2) is 7.24. The first-order valence-electron chi connectivity index (χ1n) is 5.49. The van der Waals surface area contributed by atoms with Crippen molar-refractivity contribution in [1.29, 1.82) is 0 Å². The summed E-state index contributed by atoms with van der Waals surface area (Å²) in [5.74, 6) is -1.50. The van der Waals surface area contributed by atoms with Crippen LogP contribution in [-0.4, -0.2) is 49.5 Å². The first-order chi connectivity index (χ1) is 7.91. The predicted molar refractivity (Wildman–Crippen MR) is 61.8 cm³/mol. The molecule has 0 aliphatic carbocycles. The molecule has 1 amide bonds. The maximum atomic E-state index is 11.9. The molecule has 0 aliphatic rings. The lowest BCUT2D eigenvalue weighted by molar-refractivity contribution is -0.149. The second-order valence-corrected chi connectivity index (χ2v) is 3.93. The van der Waals surface area contributed by atoms with Crippen LogP contribution in [0.1, 0.15) is 26.7 Å². The number of carboxylic acid groups (broad SMARTS) is 1. The van der Waals surface area contributed by atoms with Crippen molar-refractivity contribution in [2.75, 3.05) is 20.8 Å². The molecule has 0 saturated heterocycles. The van der Waals surface area contributed by atoms with E-state index in [1.165, 1.54) is 14.2 Å². The molecule has 0 aliphatic heterocycles. The van der Waals surface area contributed by atoms with Gasteiger partial charge >= 0.3 is 5.97 Å². The summed E-state index contributed by atoms with van der Waals surface area (Å²) in [4.78, 5) is 22.8. The first kappa shape index (κ1) is 15.9. The number of aliphatic carboxylic acids is 1. The average Bonchev–Trinajstić information content (AvgIpc) is 2.32. The summed E-state index contributed by atoms with van der Waals surface area (Å²) in [5, 5.41) is 11.4. The molecule has 0 rings (SSSR count). The minimum atomic E-state index is -1.08. The van der Waals surface area contributed by atoms with Crippen molar-refractivity contribution in [2.24, 2.45) is 0 Å². The topological polar surface area (TPSA) is 84.9 Å². The van der Waals surface area contributed by atoms with Gasteiger partial charge in [-0.15, -0.1) is 0 Å². The number of carbonyl (C=O) groups excluding carboxylic acids is 1. The van der Waals surface area contributed by atoms with E-state index >= 15 is 0 Å². The Morgan fingerprint density at radius 3 is 2.35 bits per heavy atom. The summed E-state index contributed by atoms with van der Waals surface area (Å²) in [6.45, 7) is 3.69. The molecule has 100 valence electrons. The van der Waals surface area contributed by atoms with Crippen molar-refractivity contribution in [3.63, 3.8) is 0 Å². The van der Waals surface area contributed by atoms with Crippen molar-refractivity contribution in [3.8, 4) is 0 Å². The van der Waals surface area contributed by atoms with Crippen LogP contribution in [0.25, 0.3) is 0 Å². The minimum absolute atomic E-state index is 0.223. The van der Waals surface area contributed by atoms with Gasteiger partial charge in [0.2, 0.25) is 0 Å². The van der Waals surface area contributed by atoms with Crippen molar-refractivity contribution >= 4 is 11.9 Å². The number of rotatable bonds is 8. The van der Waals surface area contributed by atoms with E-state index in [0.29, 0.717) is 6.42 Å². The van der Waals surface area contributed by atoms with Gasteiger partial charge in [0.15, 0.2) is 0 Å². The van der Waals surface area contributed by atoms with Gasteiger partial charge in [0.05, 0.1) is 0 Å². The highest BCUT2D eigenvalue weighted by Gasteiger charge is 2.33. The monoisotopic (exact) mass is 247 g/mol. The van der Waals surface area contributed by atoms with Crippen LogP contribution in [0.4, 0.5) is 0 Å². The van der Waals surface area contributed by atoms with E-state index in [0.717, 1.165) is 0 Å². The lowest BCUT2D eigenvalue weighted by Gasteiger charge is -2.27. The van der Waals surface area contributed by atoms with Crippen LogP contribution in [0.15, 0.2) is 0 Å². The quantitative estimate of drug-likeness (QED) is 0.649. The normalized spacial score (nSPS) is 16.0. The third-order valence-corrected chi connectivity index (χ3v) is 2.82. The van der Waals surface area contributed by atoms with Crippen molar-refractivity contribution < 1.29 is 24.2 Å². The first-order valence-corrected chi connectivity index (χ1v) is 5.49. The zero-order valence-electron chi connectivity index (χ0n) is 10.8. The number of methoxy groups -OCH3 is 2. The molecule has 0 bridgehead atoms. The Morgan fingerprint density at radius 1 is 1.41 bits per heavy atom. The van der Waals surface area contributed by atoms with Crippen LogP contribution in [0.5, 0.6) is 0 Å². The molecule has 0 fully saturated rings. The third-order valence-electron chi connectivity index (χ3n) is 2.82. The summed E-state index contributed by atoms with van der Waals surface area (Å²) >= 11 is 0. The Labute approximate surface area is 101 Å². The number of hydrogen-bond acceptors (Lipinski definition) is 4. The van der Waals surface area contributed by atoms with Gasteiger partial charge in [-0.2, -0.15) is 0 Å². The summed E-state index contributed by atoms with van der Waals surface area (Å²) < 4.78 is 9.89. The van der Waals surface area contributed by atoms with Crippen LogP contribution < -0.4 is 5.32 Å². The molecule has 6 nitrogen and oxygen atoms in total. The van der Waals surface area contributed by atoms with Gasteiger partial charge in [-0.1, -0.05) is 6.92 Å². The van der Waals surface area contributed by atoms with E-state index in [4.69, 9.17) is 14.6 Å². The number of hydrogen-bond donors (Lipinski definition) is 2. The maximum Gasteiger partial charge on any atom is 0.326 e. The molecule has 2 N–H and O–H groups in total. The van der Waals surface area contributed by atoms with Crippen molar-refractivity contribution in [1.82, 2.24) is 5.32 Å². The lowest BCUT2D eigenvalue weighted by atomic mass is 10.0. The standard InChI is InChI=1S/C11H21NO5/c1-5-11(2,17-4)10(15)12-8(9(13)14)6-7-16-3/h8H,5-7H2,1-4H3,(H,12,15)(H,13,14). The Kier molecular flexibility index (Phi) is 6.75. The molecule has 0 aromatic carbocycles. The zero-order chi connectivity index (χ0) is 13.5. The molecule has 0 saturated carbocycles. The highest BCUT2D eigenvalue weighted by Crippen LogP contribution is 2.14. The van der Waals surface area contributed by atoms with Gasteiger partial charge in [0.1, 0.15) is 11.6 Å². The fraction of sp³-hybridized carbons (Fsp3) is 0.818. The van der Waals surface area contributed by atoms with Crippen LogP contribution in [-0.2, 0) is 19.1 Å². The summed E-state index contributed by atoms with van der Waals surface area (Å²) in [6, 6.07) is -0.955. The highest BCUT2D eigenvalue weighted by molar-refractivity contribution is 5.88. The molecule has 0 radical (unpaired) electrons. The van der Waals surface area contributed by atoms with Crippen LogP contribution >= 0.6 is 0 Å². The molecule has 0 heterocycles. The lowest BCUT2D eigenvalue weighted by Crippen LogP contribution is -2.51. The van der Waals surface area contributed by atoms with E-state index in [-0.39, 0.29) is 13.0 Å². The molecular formula is C11H21NO5. The molecule has 6 heteroatoms. The largest absolute Gasteiger partial charge is 0.480 e. The molecule has 0 spiro atoms. The molecule has 17 heavy (non-hydrogen) atoms. The van der Waals surface area contributed by atoms with E-state index in [9.17, 15) is 9.59 Å². The van der Waals surface area contributed by atoms with Gasteiger partial charge in [0.25, 0.3) is 5.91 Å². The van der Waals surface area contributed by atoms with E-state index in [2.05, 4.69) is 5.32 Å². The highest BCUT2D eigenvalue weighted by atomic mass is 16.5. The number of nitrogens with one attached hydrogen (secondary N) is 1. The number of ether oxygens (including phenoxy) is 2. The van der Waals surface area contributed by atoms with Crippen LogP contribution in [0.2, 0.25) is 0 Å². The molecular weight excluding hydrogens is 226 g/mol. The fourth-order valence-electron chi connectivity index (χ4n) is 1.20. The SMILES string of the molecule is CCC(C)(OC)C(=O)NC(CCOC)C(=O)O. The number of amides is 1. The molecule has 2 unspecified atom stereocenters. The average molecular weight is 247 g/mol. The molecule has 0 aromatic heterocycles. The summed E-state index contributed by atoms with van der Waals surface area (Å²) in [5.41, 5.74) is -0.999. The van der Waals surface area contributed by atoms with Gasteiger partial charge < -0.3 is 19.9 Å². The Bertz CT molecular complexity index is 263. The number of carbonyl (C=O) groups is 2. The maximum absolute atomic E-state index is 11.9. The van der Waals surface area contributed by atoms with E-state index in [1.807, 2.05) is 0 Å². The molecule has 2 atom stereocenters. The van der Waals surface area contributed by atoms with Gasteiger partial charge in [0, 0.05) is 27.2 Å². The second-order valence-electron chi connectivity index (χ2n) is 3.93. The van der Waals surface area contributed by atoms with Gasteiger partial charge in [-0.25, -0.2) is 4.79 Å². The van der Waals surface area contributed by atoms with Gasteiger partial charge in [-0.3, -0.25) is 4.79 Å². The van der Waals surface area contributed by atoms with E-state index < -0.39 is 23.5 Å². The molecule has 0 aromatic rings. The van der Waals surface area contributed by atoms with Crippen LogP contribution in [0, 0.1) is 0 Å². The van der Waals surface area contributed by atoms with Crippen LogP contribution in [0.3, 0.4) is 0 Å². The van der Waals surface area contributed by atoms with Gasteiger partial charge in [-0.05, 0) is 13.3 Å². The van der Waals surface area contributed by atoms with E-state index in [1.54, 1.807) is 13.8 Å². The summed E-state index contributed by atoms with van der Waals surface area (Å²) in [7, 11) is 2.90. The Balaban J connectivity index is 4.54. The summed E-state index contributed by atoms with van der Waals surface area (Å²) in [6.07, 6.45) is 0.688.